The number of carboxylic acid groups (broad SMARTS) is 1. The summed E-state index contributed by atoms with van der Waals surface area (Å²) in [6, 6.07) is -0.874. The Bertz CT molecular complexity index is 158. The van der Waals surface area contributed by atoms with E-state index < -0.39 is 12.0 Å². The van der Waals surface area contributed by atoms with Gasteiger partial charge in [0.25, 0.3) is 0 Å². The van der Waals surface area contributed by atoms with Crippen LogP contribution in [0.2, 0.25) is 0 Å². The van der Waals surface area contributed by atoms with Gasteiger partial charge in [0, 0.05) is 12.7 Å². The fraction of sp³-hybridized carbons (Fsp3) is 0.600. The molecule has 0 bridgehead atoms. The van der Waals surface area contributed by atoms with Crippen LogP contribution in [-0.2, 0) is 9.59 Å². The van der Waals surface area contributed by atoms with Gasteiger partial charge in [0.1, 0.15) is 6.04 Å². The zero-order valence-corrected chi connectivity index (χ0v) is 9.39. The van der Waals surface area contributed by atoms with Gasteiger partial charge in [-0.15, -0.1) is 0 Å². The van der Waals surface area contributed by atoms with Crippen molar-refractivity contribution in [3.05, 3.63) is 0 Å². The van der Waals surface area contributed by atoms with Crippen LogP contribution in [0.4, 0.5) is 0 Å². The molecule has 2 N–H and O–H groups in total. The van der Waals surface area contributed by atoms with E-state index in [4.69, 9.17) is 5.11 Å². The first-order chi connectivity index (χ1) is 4.57. The molecule has 0 spiro atoms. The first-order valence-corrected chi connectivity index (χ1v) is 3.32. The fourth-order valence-corrected chi connectivity index (χ4v) is 0.678. The Morgan fingerprint density at radius 3 is 2.27 bits per heavy atom. The van der Waals surface area contributed by atoms with Crippen molar-refractivity contribution in [1.82, 2.24) is 5.32 Å². The Morgan fingerprint density at radius 1 is 1.73 bits per heavy atom. The van der Waals surface area contributed by atoms with E-state index in [1.165, 1.54) is 6.92 Å². The summed E-state index contributed by atoms with van der Waals surface area (Å²) in [6.45, 7) is 1.26. The van der Waals surface area contributed by atoms with Gasteiger partial charge in [-0.25, -0.2) is 4.79 Å². The molecule has 11 heavy (non-hydrogen) atoms. The standard InChI is InChI=1S/C5H9NO3S.Na.H/c1-3(7)6-4(2-10)5(8)9;;/h4,10H,2H2,1H3,(H,6,7)(H,8,9);;/q;+1;-1/t4-;;/m0../s1. The monoisotopic (exact) mass is 187 g/mol. The summed E-state index contributed by atoms with van der Waals surface area (Å²) >= 11 is 3.73. The third-order valence-corrected chi connectivity index (χ3v) is 1.22. The topological polar surface area (TPSA) is 66.4 Å². The molecule has 0 rings (SSSR count). The van der Waals surface area contributed by atoms with Gasteiger partial charge in [0.15, 0.2) is 0 Å². The summed E-state index contributed by atoms with van der Waals surface area (Å²) in [5.74, 6) is -1.32. The number of hydrogen-bond donors (Lipinski definition) is 3. The number of carboxylic acids is 1. The Balaban J connectivity index is -0.000000405. The van der Waals surface area contributed by atoms with Crippen LogP contribution in [0.1, 0.15) is 8.35 Å². The minimum atomic E-state index is -1.06. The van der Waals surface area contributed by atoms with E-state index in [2.05, 4.69) is 17.9 Å². The number of amides is 1. The Labute approximate surface area is 93.9 Å². The zero-order valence-electron chi connectivity index (χ0n) is 7.50. The van der Waals surface area contributed by atoms with Crippen molar-refractivity contribution in [2.45, 2.75) is 13.0 Å². The summed E-state index contributed by atoms with van der Waals surface area (Å²) in [6.07, 6.45) is 0. The maximum absolute atomic E-state index is 10.3. The predicted octanol–water partition coefficient (Wildman–Crippen LogP) is -3.38. The number of rotatable bonds is 3. The van der Waals surface area contributed by atoms with Crippen molar-refractivity contribution in [1.29, 1.82) is 0 Å². The summed E-state index contributed by atoms with van der Waals surface area (Å²) in [5, 5.41) is 10.6. The first kappa shape index (κ1) is 13.9. The third kappa shape index (κ3) is 6.68. The van der Waals surface area contributed by atoms with Crippen LogP contribution in [-0.4, -0.2) is 28.8 Å². The molecular formula is C5H10NNaO3S. The van der Waals surface area contributed by atoms with Gasteiger partial charge < -0.3 is 11.8 Å². The molecule has 0 aromatic carbocycles. The van der Waals surface area contributed by atoms with Gasteiger partial charge >= 0.3 is 35.5 Å². The molecule has 6 heteroatoms. The smallest absolute Gasteiger partial charge is 1.00 e. The molecule has 0 aliphatic heterocycles. The molecule has 1 amide bonds. The van der Waals surface area contributed by atoms with Crippen molar-refractivity contribution in [2.75, 3.05) is 5.75 Å². The maximum Gasteiger partial charge on any atom is 1.00 e. The van der Waals surface area contributed by atoms with E-state index in [1.807, 2.05) is 0 Å². The Hall–Kier alpha value is 0.290. The van der Waals surface area contributed by atoms with Crippen LogP contribution >= 0.6 is 12.6 Å². The Morgan fingerprint density at radius 2 is 2.18 bits per heavy atom. The van der Waals surface area contributed by atoms with Crippen LogP contribution in [0, 0.1) is 0 Å². The largest absolute Gasteiger partial charge is 1.00 e. The number of carbonyl (C=O) groups is 2. The molecule has 60 valence electrons. The third-order valence-electron chi connectivity index (χ3n) is 0.858. The quantitative estimate of drug-likeness (QED) is 0.319. The average molecular weight is 187 g/mol. The van der Waals surface area contributed by atoms with Gasteiger partial charge in [-0.2, -0.15) is 12.6 Å². The molecule has 0 fully saturated rings. The van der Waals surface area contributed by atoms with E-state index in [-0.39, 0.29) is 42.6 Å². The first-order valence-electron chi connectivity index (χ1n) is 2.68. The summed E-state index contributed by atoms with van der Waals surface area (Å²) in [5.41, 5.74) is 0. The fourth-order valence-electron chi connectivity index (χ4n) is 0.431. The molecular weight excluding hydrogens is 177 g/mol. The number of hydrogen-bond acceptors (Lipinski definition) is 3. The van der Waals surface area contributed by atoms with Crippen molar-refractivity contribution in [3.8, 4) is 0 Å². The number of nitrogens with one attached hydrogen (secondary N) is 1. The van der Waals surface area contributed by atoms with Crippen LogP contribution in [0.15, 0.2) is 0 Å². The van der Waals surface area contributed by atoms with E-state index in [9.17, 15) is 9.59 Å². The molecule has 0 aromatic rings. The number of carbonyl (C=O) groups excluding carboxylic acids is 1. The maximum atomic E-state index is 10.3. The van der Waals surface area contributed by atoms with Crippen molar-refractivity contribution >= 4 is 24.5 Å². The van der Waals surface area contributed by atoms with Gasteiger partial charge in [0.2, 0.25) is 5.91 Å². The summed E-state index contributed by atoms with van der Waals surface area (Å²) < 4.78 is 0. The predicted molar refractivity (Wildman–Crippen MR) is 40.2 cm³/mol. The van der Waals surface area contributed by atoms with E-state index >= 15 is 0 Å². The van der Waals surface area contributed by atoms with E-state index in [0.717, 1.165) is 0 Å². The van der Waals surface area contributed by atoms with Gasteiger partial charge in [-0.05, 0) is 0 Å². The molecule has 0 aromatic heterocycles. The second-order valence-corrected chi connectivity index (χ2v) is 2.14. The average Bonchev–Trinajstić information content (AvgIpc) is 1.81. The molecule has 0 radical (unpaired) electrons. The second-order valence-electron chi connectivity index (χ2n) is 1.77. The molecule has 0 heterocycles. The van der Waals surface area contributed by atoms with Crippen LogP contribution in [0.25, 0.3) is 0 Å². The number of thiol groups is 1. The SMILES string of the molecule is CC(=O)N[C@@H](CS)C(=O)O.[H-].[Na+]. The molecule has 0 unspecified atom stereocenters. The van der Waals surface area contributed by atoms with Gasteiger partial charge in [-0.1, -0.05) is 0 Å². The van der Waals surface area contributed by atoms with E-state index in [1.54, 1.807) is 0 Å². The molecule has 0 saturated carbocycles. The zero-order chi connectivity index (χ0) is 8.15. The van der Waals surface area contributed by atoms with Crippen molar-refractivity contribution in [3.63, 3.8) is 0 Å². The normalized spacial score (nSPS) is 11.1. The van der Waals surface area contributed by atoms with Crippen LogP contribution in [0.3, 0.4) is 0 Å². The van der Waals surface area contributed by atoms with Crippen LogP contribution in [0.5, 0.6) is 0 Å². The molecule has 0 aliphatic rings. The minimum Gasteiger partial charge on any atom is -1.00 e. The summed E-state index contributed by atoms with van der Waals surface area (Å²) in [4.78, 5) is 20.5. The van der Waals surface area contributed by atoms with Gasteiger partial charge in [0.05, 0.1) is 0 Å². The van der Waals surface area contributed by atoms with Crippen molar-refractivity contribution in [2.24, 2.45) is 0 Å². The Kier molecular flexibility index (Phi) is 8.77. The van der Waals surface area contributed by atoms with E-state index in [0.29, 0.717) is 0 Å². The van der Waals surface area contributed by atoms with Gasteiger partial charge in [-0.3, -0.25) is 4.79 Å². The molecule has 4 nitrogen and oxygen atoms in total. The molecule has 0 aliphatic carbocycles. The molecule has 0 saturated heterocycles. The summed E-state index contributed by atoms with van der Waals surface area (Å²) in [7, 11) is 0. The molecule has 1 atom stereocenters. The number of aliphatic carboxylic acids is 1. The second kappa shape index (κ2) is 6.97. The van der Waals surface area contributed by atoms with Crippen LogP contribution < -0.4 is 34.9 Å². The van der Waals surface area contributed by atoms with Crippen molar-refractivity contribution < 1.29 is 45.7 Å². The minimum absolute atomic E-state index is 0.